The van der Waals surface area contributed by atoms with E-state index in [0.717, 1.165) is 4.31 Å². The molecule has 0 aliphatic heterocycles. The van der Waals surface area contributed by atoms with Crippen molar-refractivity contribution >= 4 is 21.6 Å². The molecule has 0 radical (unpaired) electrons. The van der Waals surface area contributed by atoms with Crippen LogP contribution in [-0.2, 0) is 14.8 Å². The van der Waals surface area contributed by atoms with E-state index in [-0.39, 0.29) is 35.9 Å². The Kier molecular flexibility index (Phi) is 5.37. The molecule has 1 amide bonds. The second-order valence-electron chi connectivity index (χ2n) is 3.98. The molecular weight excluding hydrogens is 282 g/mol. The minimum Gasteiger partial charge on any atom is -0.395 e. The summed E-state index contributed by atoms with van der Waals surface area (Å²) >= 11 is 0. The van der Waals surface area contributed by atoms with E-state index in [1.165, 1.54) is 24.3 Å². The molecule has 0 heterocycles. The summed E-state index contributed by atoms with van der Waals surface area (Å²) in [5.74, 6) is -0.879. The molecule has 110 valence electrons. The molecule has 0 fully saturated rings. The molecular formula is C12H17N3O4S. The zero-order valence-corrected chi connectivity index (χ0v) is 11.9. The quantitative estimate of drug-likeness (QED) is 0.589. The van der Waals surface area contributed by atoms with E-state index >= 15 is 0 Å². The first kappa shape index (κ1) is 16.3. The smallest absolute Gasteiger partial charge is 0.267 e. The molecule has 1 rings (SSSR count). The first-order chi connectivity index (χ1) is 9.34. The van der Waals surface area contributed by atoms with Crippen molar-refractivity contribution in [3.63, 3.8) is 0 Å². The normalized spacial score (nSPS) is 11.6. The van der Waals surface area contributed by atoms with Crippen LogP contribution in [0.25, 0.3) is 0 Å². The van der Waals surface area contributed by atoms with Gasteiger partial charge in [-0.15, -0.1) is 0 Å². The Hall–Kier alpha value is -1.77. The molecule has 20 heavy (non-hydrogen) atoms. The van der Waals surface area contributed by atoms with Crippen LogP contribution in [0, 0.1) is 5.41 Å². The minimum atomic E-state index is -3.69. The lowest BCUT2D eigenvalue weighted by Gasteiger charge is -2.19. The summed E-state index contributed by atoms with van der Waals surface area (Å²) in [6, 6.07) is 5.32. The van der Waals surface area contributed by atoms with Gasteiger partial charge in [0, 0.05) is 18.7 Å². The highest BCUT2D eigenvalue weighted by atomic mass is 32.2. The van der Waals surface area contributed by atoms with E-state index in [1.807, 2.05) is 0 Å². The average molecular weight is 299 g/mol. The largest absolute Gasteiger partial charge is 0.395 e. The van der Waals surface area contributed by atoms with E-state index in [2.05, 4.69) is 0 Å². The van der Waals surface area contributed by atoms with Crippen LogP contribution < -0.4 is 5.73 Å². The zero-order chi connectivity index (χ0) is 15.3. The van der Waals surface area contributed by atoms with Crippen molar-refractivity contribution in [1.82, 2.24) is 4.31 Å². The summed E-state index contributed by atoms with van der Waals surface area (Å²) < 4.78 is 25.6. The monoisotopic (exact) mass is 299 g/mol. The molecule has 0 aliphatic carbocycles. The lowest BCUT2D eigenvalue weighted by Crippen LogP contribution is -2.33. The van der Waals surface area contributed by atoms with Crippen LogP contribution in [0.3, 0.4) is 0 Å². The SMILES string of the molecule is CCN(CCO)S(=O)(=O)c1ccc(C(=N)C(N)=O)cc1. The third kappa shape index (κ3) is 3.41. The molecule has 0 atom stereocenters. The molecule has 0 saturated carbocycles. The summed E-state index contributed by atoms with van der Waals surface area (Å²) in [5, 5.41) is 16.3. The lowest BCUT2D eigenvalue weighted by atomic mass is 10.1. The zero-order valence-electron chi connectivity index (χ0n) is 11.0. The summed E-state index contributed by atoms with van der Waals surface area (Å²) in [5.41, 5.74) is 4.86. The molecule has 4 N–H and O–H groups in total. The molecule has 0 saturated heterocycles. The van der Waals surface area contributed by atoms with Gasteiger partial charge in [0.15, 0.2) is 0 Å². The van der Waals surface area contributed by atoms with Gasteiger partial charge in [-0.3, -0.25) is 10.2 Å². The third-order valence-corrected chi connectivity index (χ3v) is 4.72. The van der Waals surface area contributed by atoms with Crippen molar-refractivity contribution in [3.05, 3.63) is 29.8 Å². The number of carbonyl (C=O) groups excluding carboxylic acids is 1. The fourth-order valence-electron chi connectivity index (χ4n) is 1.64. The van der Waals surface area contributed by atoms with E-state index in [4.69, 9.17) is 16.2 Å². The number of benzene rings is 1. The van der Waals surface area contributed by atoms with Gasteiger partial charge in [-0.05, 0) is 12.1 Å². The number of nitrogens with two attached hydrogens (primary N) is 1. The summed E-state index contributed by atoms with van der Waals surface area (Å²) in [6.45, 7) is 1.65. The van der Waals surface area contributed by atoms with Crippen molar-refractivity contribution in [3.8, 4) is 0 Å². The molecule has 0 aromatic heterocycles. The van der Waals surface area contributed by atoms with Crippen LogP contribution in [0.5, 0.6) is 0 Å². The van der Waals surface area contributed by atoms with Crippen LogP contribution in [0.1, 0.15) is 12.5 Å². The molecule has 7 nitrogen and oxygen atoms in total. The van der Waals surface area contributed by atoms with Crippen molar-refractivity contribution < 1.29 is 18.3 Å². The van der Waals surface area contributed by atoms with Crippen LogP contribution in [0.15, 0.2) is 29.2 Å². The van der Waals surface area contributed by atoms with Gasteiger partial charge < -0.3 is 10.8 Å². The number of aliphatic hydroxyl groups is 1. The number of likely N-dealkylation sites (N-methyl/N-ethyl adjacent to an activating group) is 1. The Labute approximate surface area is 117 Å². The number of primary amides is 1. The van der Waals surface area contributed by atoms with Crippen LogP contribution >= 0.6 is 0 Å². The maximum atomic E-state index is 12.2. The van der Waals surface area contributed by atoms with E-state index < -0.39 is 15.9 Å². The molecule has 0 aliphatic rings. The number of aliphatic hydroxyl groups excluding tert-OH is 1. The lowest BCUT2D eigenvalue weighted by molar-refractivity contribution is -0.112. The fourth-order valence-corrected chi connectivity index (χ4v) is 3.08. The number of sulfonamides is 1. The second kappa shape index (κ2) is 6.60. The summed E-state index contributed by atoms with van der Waals surface area (Å²) in [6.07, 6.45) is 0. The maximum Gasteiger partial charge on any atom is 0.267 e. The average Bonchev–Trinajstić information content (AvgIpc) is 2.43. The van der Waals surface area contributed by atoms with Gasteiger partial charge in [0.1, 0.15) is 5.71 Å². The molecule has 0 bridgehead atoms. The minimum absolute atomic E-state index is 0.0116. The summed E-state index contributed by atoms with van der Waals surface area (Å²) in [4.78, 5) is 10.9. The van der Waals surface area contributed by atoms with Gasteiger partial charge in [0.2, 0.25) is 10.0 Å². The highest BCUT2D eigenvalue weighted by Crippen LogP contribution is 2.16. The number of nitrogens with zero attached hydrogens (tertiary/aromatic N) is 1. The van der Waals surface area contributed by atoms with Gasteiger partial charge in [-0.1, -0.05) is 19.1 Å². The van der Waals surface area contributed by atoms with Gasteiger partial charge in [-0.2, -0.15) is 4.31 Å². The Bertz CT molecular complexity index is 596. The maximum absolute atomic E-state index is 12.2. The number of carbonyl (C=O) groups is 1. The Balaban J connectivity index is 3.09. The first-order valence-electron chi connectivity index (χ1n) is 5.94. The standard InChI is InChI=1S/C12H17N3O4S/c1-2-15(7-8-16)20(18,19)10-5-3-9(4-6-10)11(13)12(14)17/h3-6,13,16H,2,7-8H2,1H3,(H2,14,17). The van der Waals surface area contributed by atoms with Crippen molar-refractivity contribution in [2.75, 3.05) is 19.7 Å². The Morgan fingerprint density at radius 3 is 2.30 bits per heavy atom. The predicted octanol–water partition coefficient (Wildman–Crippen LogP) is -0.457. The van der Waals surface area contributed by atoms with E-state index in [0.29, 0.717) is 0 Å². The number of amides is 1. The van der Waals surface area contributed by atoms with Gasteiger partial charge in [0.05, 0.1) is 11.5 Å². The van der Waals surface area contributed by atoms with E-state index in [9.17, 15) is 13.2 Å². The second-order valence-corrected chi connectivity index (χ2v) is 5.92. The van der Waals surface area contributed by atoms with Crippen LogP contribution in [0.2, 0.25) is 0 Å². The molecule has 1 aromatic rings. The Morgan fingerprint density at radius 1 is 1.35 bits per heavy atom. The first-order valence-corrected chi connectivity index (χ1v) is 7.38. The van der Waals surface area contributed by atoms with Gasteiger partial charge in [-0.25, -0.2) is 8.42 Å². The third-order valence-electron chi connectivity index (χ3n) is 2.73. The highest BCUT2D eigenvalue weighted by Gasteiger charge is 2.22. The number of hydrogen-bond donors (Lipinski definition) is 3. The van der Waals surface area contributed by atoms with Crippen LogP contribution in [0.4, 0.5) is 0 Å². The number of rotatable bonds is 7. The topological polar surface area (TPSA) is 125 Å². The van der Waals surface area contributed by atoms with Crippen molar-refractivity contribution in [2.24, 2.45) is 5.73 Å². The van der Waals surface area contributed by atoms with Crippen molar-refractivity contribution in [2.45, 2.75) is 11.8 Å². The fraction of sp³-hybridized carbons (Fsp3) is 0.333. The van der Waals surface area contributed by atoms with E-state index in [1.54, 1.807) is 6.92 Å². The molecule has 0 spiro atoms. The molecule has 1 aromatic carbocycles. The molecule has 8 heteroatoms. The Morgan fingerprint density at radius 2 is 1.90 bits per heavy atom. The number of nitrogens with one attached hydrogen (secondary N) is 1. The van der Waals surface area contributed by atoms with Gasteiger partial charge >= 0.3 is 0 Å². The summed E-state index contributed by atoms with van der Waals surface area (Å²) in [7, 11) is -3.69. The highest BCUT2D eigenvalue weighted by molar-refractivity contribution is 7.89. The number of hydrogen-bond acceptors (Lipinski definition) is 5. The predicted molar refractivity (Wildman–Crippen MR) is 74.0 cm³/mol. The molecule has 0 unspecified atom stereocenters. The van der Waals surface area contributed by atoms with Gasteiger partial charge in [0.25, 0.3) is 5.91 Å². The van der Waals surface area contributed by atoms with Crippen LogP contribution in [-0.4, -0.2) is 49.1 Å². The van der Waals surface area contributed by atoms with Crippen molar-refractivity contribution in [1.29, 1.82) is 5.41 Å².